The van der Waals surface area contributed by atoms with E-state index < -0.39 is 0 Å². The Morgan fingerprint density at radius 2 is 1.80 bits per heavy atom. The highest BCUT2D eigenvalue weighted by molar-refractivity contribution is 5.22. The second kappa shape index (κ2) is 5.16. The maximum atomic E-state index is 6.42. The van der Waals surface area contributed by atoms with Gasteiger partial charge in [-0.25, -0.2) is 0 Å². The topological polar surface area (TPSA) is 18.5 Å². The lowest BCUT2D eigenvalue weighted by molar-refractivity contribution is -0.255. The van der Waals surface area contributed by atoms with Gasteiger partial charge in [0, 0.05) is 5.92 Å². The molecular weight excluding hydrogens is 248 g/mol. The summed E-state index contributed by atoms with van der Waals surface area (Å²) in [5.41, 5.74) is 1.13. The van der Waals surface area contributed by atoms with Crippen LogP contribution in [0.25, 0.3) is 0 Å². The first-order valence-electron chi connectivity index (χ1n) is 8.02. The average Bonchev–Trinajstić information content (AvgIpc) is 2.86. The largest absolute Gasteiger partial charge is 0.346 e. The molecule has 1 aromatic rings. The number of hydrogen-bond donors (Lipinski definition) is 0. The van der Waals surface area contributed by atoms with Crippen LogP contribution in [0.5, 0.6) is 0 Å². The lowest BCUT2D eigenvalue weighted by Crippen LogP contribution is -2.39. The fourth-order valence-corrected chi connectivity index (χ4v) is 3.81. The molecule has 0 N–H and O–H groups in total. The number of hydrogen-bond acceptors (Lipinski definition) is 2. The van der Waals surface area contributed by atoms with Crippen molar-refractivity contribution in [3.8, 4) is 0 Å². The fourth-order valence-electron chi connectivity index (χ4n) is 3.81. The van der Waals surface area contributed by atoms with Gasteiger partial charge < -0.3 is 9.47 Å². The van der Waals surface area contributed by atoms with Gasteiger partial charge in [0.05, 0.1) is 11.2 Å². The van der Waals surface area contributed by atoms with Crippen molar-refractivity contribution in [2.75, 3.05) is 0 Å². The van der Waals surface area contributed by atoms with E-state index in [9.17, 15) is 0 Å². The highest BCUT2D eigenvalue weighted by Crippen LogP contribution is 2.49. The van der Waals surface area contributed by atoms with E-state index in [1.54, 1.807) is 0 Å². The Kier molecular flexibility index (Phi) is 3.64. The lowest BCUT2D eigenvalue weighted by Gasteiger charge is -2.40. The van der Waals surface area contributed by atoms with Gasteiger partial charge >= 0.3 is 0 Å². The summed E-state index contributed by atoms with van der Waals surface area (Å²) in [6.45, 7) is 6.67. The minimum absolute atomic E-state index is 0.0196. The Hall–Kier alpha value is -0.860. The Balaban J connectivity index is 1.79. The van der Waals surface area contributed by atoms with Crippen molar-refractivity contribution in [3.05, 3.63) is 35.9 Å². The maximum absolute atomic E-state index is 6.42. The first kappa shape index (κ1) is 14.1. The summed E-state index contributed by atoms with van der Waals surface area (Å²) in [5.74, 6) is 0.576. The Labute approximate surface area is 122 Å². The standard InChI is InChI=1S/C18H26O2/c1-4-18(5-2)13-14-11-12-17(3,19-16(14)20-18)15-9-7-6-8-10-15/h6-10,14,16H,4-5,11-13H2,1-3H3/t14-,16+,17?/m1/s1. The Morgan fingerprint density at radius 3 is 2.45 bits per heavy atom. The molecule has 0 saturated carbocycles. The molecule has 0 amide bonds. The number of fused-ring (bicyclic) bond motifs is 1. The van der Waals surface area contributed by atoms with E-state index in [1.807, 2.05) is 0 Å². The molecule has 1 aromatic carbocycles. The van der Waals surface area contributed by atoms with Crippen molar-refractivity contribution >= 4 is 0 Å². The van der Waals surface area contributed by atoms with Gasteiger partial charge in [-0.3, -0.25) is 0 Å². The molecule has 2 heteroatoms. The SMILES string of the molecule is CCC1(CC)C[C@H]2CCC(C)(c3ccccc3)O[C@H]2O1. The van der Waals surface area contributed by atoms with Gasteiger partial charge in [-0.1, -0.05) is 44.2 Å². The maximum Gasteiger partial charge on any atom is 0.162 e. The summed E-state index contributed by atoms with van der Waals surface area (Å²) in [5, 5.41) is 0. The van der Waals surface area contributed by atoms with E-state index in [0.717, 1.165) is 25.7 Å². The van der Waals surface area contributed by atoms with Crippen molar-refractivity contribution in [3.63, 3.8) is 0 Å². The number of benzene rings is 1. The van der Waals surface area contributed by atoms with E-state index in [0.29, 0.717) is 5.92 Å². The van der Waals surface area contributed by atoms with Crippen LogP contribution in [-0.2, 0) is 15.1 Å². The van der Waals surface area contributed by atoms with Crippen LogP contribution in [0.2, 0.25) is 0 Å². The molecule has 2 nitrogen and oxygen atoms in total. The first-order valence-corrected chi connectivity index (χ1v) is 8.02. The first-order chi connectivity index (χ1) is 9.61. The second-order valence-electron chi connectivity index (χ2n) is 6.59. The molecule has 0 spiro atoms. The predicted molar refractivity (Wildman–Crippen MR) is 80.4 cm³/mol. The zero-order valence-electron chi connectivity index (χ0n) is 12.9. The molecule has 0 aliphatic carbocycles. The van der Waals surface area contributed by atoms with Crippen molar-refractivity contribution < 1.29 is 9.47 Å². The van der Waals surface area contributed by atoms with Crippen molar-refractivity contribution in [2.45, 2.75) is 70.4 Å². The van der Waals surface area contributed by atoms with Crippen LogP contribution in [0.3, 0.4) is 0 Å². The van der Waals surface area contributed by atoms with E-state index in [1.165, 1.54) is 12.0 Å². The van der Waals surface area contributed by atoms with Crippen molar-refractivity contribution in [2.24, 2.45) is 5.92 Å². The summed E-state index contributed by atoms with van der Waals surface area (Å²) in [7, 11) is 0. The van der Waals surface area contributed by atoms with Crippen LogP contribution in [0.15, 0.2) is 30.3 Å². The van der Waals surface area contributed by atoms with Gasteiger partial charge in [-0.05, 0) is 44.6 Å². The van der Waals surface area contributed by atoms with E-state index in [4.69, 9.17) is 9.47 Å². The third-order valence-corrected chi connectivity index (χ3v) is 5.43. The normalized spacial score (nSPS) is 35.8. The summed E-state index contributed by atoms with van der Waals surface area (Å²) in [4.78, 5) is 0. The zero-order chi connectivity index (χ0) is 14.2. The van der Waals surface area contributed by atoms with Gasteiger partial charge in [0.15, 0.2) is 6.29 Å². The van der Waals surface area contributed by atoms with E-state index in [-0.39, 0.29) is 17.5 Å². The van der Waals surface area contributed by atoms with Gasteiger partial charge in [0.25, 0.3) is 0 Å². The molecule has 0 radical (unpaired) electrons. The number of rotatable bonds is 3. The van der Waals surface area contributed by atoms with E-state index in [2.05, 4.69) is 51.1 Å². The molecule has 2 fully saturated rings. The lowest BCUT2D eigenvalue weighted by atomic mass is 9.81. The molecule has 1 unspecified atom stereocenters. The third-order valence-electron chi connectivity index (χ3n) is 5.43. The van der Waals surface area contributed by atoms with Crippen LogP contribution >= 0.6 is 0 Å². The summed E-state index contributed by atoms with van der Waals surface area (Å²) in [6.07, 6.45) is 5.61. The van der Waals surface area contributed by atoms with Gasteiger partial charge in [-0.15, -0.1) is 0 Å². The monoisotopic (exact) mass is 274 g/mol. The van der Waals surface area contributed by atoms with Gasteiger partial charge in [0.1, 0.15) is 0 Å². The van der Waals surface area contributed by atoms with Crippen LogP contribution in [-0.4, -0.2) is 11.9 Å². The van der Waals surface area contributed by atoms with Crippen LogP contribution in [0.4, 0.5) is 0 Å². The molecule has 2 heterocycles. The molecule has 20 heavy (non-hydrogen) atoms. The van der Waals surface area contributed by atoms with Gasteiger partial charge in [-0.2, -0.15) is 0 Å². The summed E-state index contributed by atoms with van der Waals surface area (Å²) in [6, 6.07) is 10.6. The summed E-state index contributed by atoms with van der Waals surface area (Å²) >= 11 is 0. The zero-order valence-corrected chi connectivity index (χ0v) is 12.9. The molecule has 2 aliphatic heterocycles. The third kappa shape index (κ3) is 2.29. The smallest absolute Gasteiger partial charge is 0.162 e. The molecular formula is C18H26O2. The van der Waals surface area contributed by atoms with E-state index >= 15 is 0 Å². The molecule has 3 rings (SSSR count). The fraction of sp³-hybridized carbons (Fsp3) is 0.667. The van der Waals surface area contributed by atoms with Crippen LogP contribution in [0.1, 0.15) is 58.4 Å². The van der Waals surface area contributed by atoms with Crippen molar-refractivity contribution in [1.29, 1.82) is 0 Å². The molecule has 0 aromatic heterocycles. The second-order valence-corrected chi connectivity index (χ2v) is 6.59. The minimum atomic E-state index is -0.194. The molecule has 3 atom stereocenters. The van der Waals surface area contributed by atoms with Crippen molar-refractivity contribution in [1.82, 2.24) is 0 Å². The average molecular weight is 274 g/mol. The number of ether oxygens (including phenoxy) is 2. The highest BCUT2D eigenvalue weighted by Gasteiger charge is 2.50. The van der Waals surface area contributed by atoms with Crippen LogP contribution < -0.4 is 0 Å². The molecule has 110 valence electrons. The molecule has 0 bridgehead atoms. The predicted octanol–water partition coefficient (Wildman–Crippen LogP) is 4.63. The highest BCUT2D eigenvalue weighted by atomic mass is 16.7. The van der Waals surface area contributed by atoms with Gasteiger partial charge in [0.2, 0.25) is 0 Å². The quantitative estimate of drug-likeness (QED) is 0.800. The van der Waals surface area contributed by atoms with Crippen LogP contribution in [0, 0.1) is 5.92 Å². The Morgan fingerprint density at radius 1 is 1.10 bits per heavy atom. The minimum Gasteiger partial charge on any atom is -0.346 e. The summed E-state index contributed by atoms with van der Waals surface area (Å²) < 4.78 is 12.8. The Bertz CT molecular complexity index is 452. The molecule has 2 saturated heterocycles. The molecule has 2 aliphatic rings.